The molecule has 0 radical (unpaired) electrons. The maximum Gasteiger partial charge on any atom is 0.00703 e. The summed E-state index contributed by atoms with van der Waals surface area (Å²) in [6.07, 6.45) is 4.07. The highest BCUT2D eigenvalue weighted by Crippen LogP contribution is 2.23. The summed E-state index contributed by atoms with van der Waals surface area (Å²) >= 11 is 3.47. The predicted molar refractivity (Wildman–Crippen MR) is 53.3 cm³/mol. The van der Waals surface area contributed by atoms with E-state index in [4.69, 9.17) is 0 Å². The van der Waals surface area contributed by atoms with Crippen molar-refractivity contribution in [2.24, 2.45) is 0 Å². The summed E-state index contributed by atoms with van der Waals surface area (Å²) in [5.74, 6) is 0. The lowest BCUT2D eigenvalue weighted by molar-refractivity contribution is 0.215. The minimum Gasteiger partial charge on any atom is -0.298 e. The monoisotopic (exact) mass is 219 g/mol. The second kappa shape index (κ2) is 4.46. The third-order valence-electron chi connectivity index (χ3n) is 2.68. The minimum atomic E-state index is 0.823. The Bertz CT molecular complexity index is 106. The molecule has 0 aromatic heterocycles. The van der Waals surface area contributed by atoms with E-state index in [1.165, 1.54) is 25.8 Å². The Morgan fingerprint density at radius 3 is 2.27 bits per heavy atom. The number of hydrogen-bond donors (Lipinski definition) is 0. The van der Waals surface area contributed by atoms with Crippen LogP contribution in [0, 0.1) is 0 Å². The highest BCUT2D eigenvalue weighted by atomic mass is 79.9. The Morgan fingerprint density at radius 1 is 1.27 bits per heavy atom. The van der Waals surface area contributed by atoms with E-state index in [1.54, 1.807) is 0 Å². The van der Waals surface area contributed by atoms with E-state index >= 15 is 0 Å². The molecule has 2 atom stereocenters. The van der Waals surface area contributed by atoms with Gasteiger partial charge in [0.15, 0.2) is 0 Å². The lowest BCUT2D eigenvalue weighted by Gasteiger charge is -2.25. The molecular formula is C9H18BrN. The zero-order valence-electron chi connectivity index (χ0n) is 7.52. The van der Waals surface area contributed by atoms with E-state index in [-0.39, 0.29) is 0 Å². The lowest BCUT2D eigenvalue weighted by Crippen LogP contribution is -2.33. The Labute approximate surface area is 78.3 Å². The van der Waals surface area contributed by atoms with Gasteiger partial charge in [0, 0.05) is 17.4 Å². The molecule has 1 aliphatic heterocycles. The summed E-state index contributed by atoms with van der Waals surface area (Å²) in [7, 11) is 0. The first kappa shape index (κ1) is 9.53. The zero-order chi connectivity index (χ0) is 8.27. The molecule has 2 heteroatoms. The van der Waals surface area contributed by atoms with Crippen LogP contribution in [0.2, 0.25) is 0 Å². The normalized spacial score (nSPS) is 33.0. The molecular weight excluding hydrogens is 202 g/mol. The molecule has 0 spiro atoms. The van der Waals surface area contributed by atoms with Gasteiger partial charge in [-0.2, -0.15) is 0 Å². The smallest absolute Gasteiger partial charge is 0.00703 e. The topological polar surface area (TPSA) is 3.24 Å². The van der Waals surface area contributed by atoms with Crippen molar-refractivity contribution < 1.29 is 0 Å². The summed E-state index contributed by atoms with van der Waals surface area (Å²) in [5, 5.41) is 1.14. The van der Waals surface area contributed by atoms with Crippen molar-refractivity contribution >= 4 is 15.9 Å². The van der Waals surface area contributed by atoms with Gasteiger partial charge in [-0.1, -0.05) is 15.9 Å². The number of rotatable bonds is 3. The summed E-state index contributed by atoms with van der Waals surface area (Å²) in [4.78, 5) is 2.63. The van der Waals surface area contributed by atoms with Crippen LogP contribution in [0.25, 0.3) is 0 Å². The molecule has 1 nitrogen and oxygen atoms in total. The fourth-order valence-corrected chi connectivity index (χ4v) is 2.18. The average molecular weight is 220 g/mol. The van der Waals surface area contributed by atoms with Gasteiger partial charge in [0.05, 0.1) is 0 Å². The molecule has 0 amide bonds. The molecule has 0 unspecified atom stereocenters. The van der Waals surface area contributed by atoms with Gasteiger partial charge >= 0.3 is 0 Å². The van der Waals surface area contributed by atoms with Crippen LogP contribution in [-0.4, -0.2) is 28.9 Å². The quantitative estimate of drug-likeness (QED) is 0.661. The molecule has 0 saturated carbocycles. The van der Waals surface area contributed by atoms with E-state index in [1.807, 2.05) is 0 Å². The van der Waals surface area contributed by atoms with Gasteiger partial charge in [0.1, 0.15) is 0 Å². The van der Waals surface area contributed by atoms with Crippen LogP contribution in [0.4, 0.5) is 0 Å². The van der Waals surface area contributed by atoms with Crippen molar-refractivity contribution in [1.29, 1.82) is 0 Å². The first-order valence-corrected chi connectivity index (χ1v) is 5.69. The number of alkyl halides is 1. The molecule has 0 aliphatic carbocycles. The van der Waals surface area contributed by atoms with Crippen molar-refractivity contribution in [3.05, 3.63) is 0 Å². The summed E-state index contributed by atoms with van der Waals surface area (Å²) in [6.45, 7) is 5.96. The summed E-state index contributed by atoms with van der Waals surface area (Å²) in [6, 6.07) is 1.65. The van der Waals surface area contributed by atoms with Crippen LogP contribution in [0.1, 0.15) is 33.1 Å². The SMILES string of the molecule is C[C@@H]1CC[C@H](C)N1CCCBr. The van der Waals surface area contributed by atoms with Crippen LogP contribution in [0.5, 0.6) is 0 Å². The molecule has 0 aromatic carbocycles. The third-order valence-corrected chi connectivity index (χ3v) is 3.25. The van der Waals surface area contributed by atoms with Crippen LogP contribution in [-0.2, 0) is 0 Å². The Morgan fingerprint density at radius 2 is 1.82 bits per heavy atom. The van der Waals surface area contributed by atoms with Gasteiger partial charge in [-0.3, -0.25) is 4.90 Å². The van der Waals surface area contributed by atoms with Crippen molar-refractivity contribution in [1.82, 2.24) is 4.90 Å². The Balaban J connectivity index is 2.29. The van der Waals surface area contributed by atoms with Crippen LogP contribution in [0.3, 0.4) is 0 Å². The second-order valence-electron chi connectivity index (χ2n) is 3.56. The van der Waals surface area contributed by atoms with Crippen molar-refractivity contribution in [2.75, 3.05) is 11.9 Å². The molecule has 1 fully saturated rings. The Hall–Kier alpha value is 0.440. The number of hydrogen-bond acceptors (Lipinski definition) is 1. The minimum absolute atomic E-state index is 0.823. The van der Waals surface area contributed by atoms with E-state index in [0.29, 0.717) is 0 Å². The standard InChI is InChI=1S/C9H18BrN/c1-8-4-5-9(2)11(8)7-3-6-10/h8-9H,3-7H2,1-2H3/t8-,9+. The largest absolute Gasteiger partial charge is 0.298 e. The van der Waals surface area contributed by atoms with E-state index in [0.717, 1.165) is 17.4 Å². The fourth-order valence-electron chi connectivity index (χ4n) is 1.93. The number of likely N-dealkylation sites (tertiary alicyclic amines) is 1. The Kier molecular flexibility index (Phi) is 3.86. The van der Waals surface area contributed by atoms with Gasteiger partial charge in [-0.15, -0.1) is 0 Å². The van der Waals surface area contributed by atoms with Gasteiger partial charge in [-0.05, 0) is 39.7 Å². The van der Waals surface area contributed by atoms with Crippen molar-refractivity contribution in [2.45, 2.75) is 45.2 Å². The van der Waals surface area contributed by atoms with Crippen molar-refractivity contribution in [3.8, 4) is 0 Å². The number of halogens is 1. The molecule has 1 rings (SSSR count). The number of nitrogens with zero attached hydrogens (tertiary/aromatic N) is 1. The maximum atomic E-state index is 3.47. The van der Waals surface area contributed by atoms with E-state index < -0.39 is 0 Å². The van der Waals surface area contributed by atoms with Crippen LogP contribution >= 0.6 is 15.9 Å². The van der Waals surface area contributed by atoms with Crippen molar-refractivity contribution in [3.63, 3.8) is 0 Å². The lowest BCUT2D eigenvalue weighted by atomic mass is 10.2. The summed E-state index contributed by atoms with van der Waals surface area (Å²) in [5.41, 5.74) is 0. The molecule has 1 saturated heterocycles. The van der Waals surface area contributed by atoms with Gasteiger partial charge < -0.3 is 0 Å². The molecule has 1 heterocycles. The third kappa shape index (κ3) is 2.45. The molecule has 66 valence electrons. The second-order valence-corrected chi connectivity index (χ2v) is 4.35. The van der Waals surface area contributed by atoms with E-state index in [9.17, 15) is 0 Å². The summed E-state index contributed by atoms with van der Waals surface area (Å²) < 4.78 is 0. The molecule has 1 aliphatic rings. The highest BCUT2D eigenvalue weighted by Gasteiger charge is 2.25. The maximum absolute atomic E-state index is 3.47. The van der Waals surface area contributed by atoms with Gasteiger partial charge in [0.2, 0.25) is 0 Å². The first-order valence-electron chi connectivity index (χ1n) is 4.57. The molecule has 11 heavy (non-hydrogen) atoms. The first-order chi connectivity index (χ1) is 5.25. The predicted octanol–water partition coefficient (Wildman–Crippen LogP) is 2.64. The molecule has 0 bridgehead atoms. The van der Waals surface area contributed by atoms with Gasteiger partial charge in [0.25, 0.3) is 0 Å². The average Bonchev–Trinajstić information content (AvgIpc) is 2.29. The van der Waals surface area contributed by atoms with E-state index in [2.05, 4.69) is 34.7 Å². The van der Waals surface area contributed by atoms with Crippen LogP contribution < -0.4 is 0 Å². The molecule has 0 aromatic rings. The van der Waals surface area contributed by atoms with Crippen LogP contribution in [0.15, 0.2) is 0 Å². The zero-order valence-corrected chi connectivity index (χ0v) is 9.10. The molecule has 0 N–H and O–H groups in total. The van der Waals surface area contributed by atoms with Gasteiger partial charge in [-0.25, -0.2) is 0 Å². The highest BCUT2D eigenvalue weighted by molar-refractivity contribution is 9.09. The fraction of sp³-hybridized carbons (Fsp3) is 1.00.